The van der Waals surface area contributed by atoms with Gasteiger partial charge < -0.3 is 10.1 Å². The van der Waals surface area contributed by atoms with Crippen LogP contribution in [0.3, 0.4) is 0 Å². The number of rotatable bonds is 3. The molecule has 0 saturated carbocycles. The second-order valence-corrected chi connectivity index (χ2v) is 6.07. The number of piperidine rings is 1. The van der Waals surface area contributed by atoms with Gasteiger partial charge in [-0.15, -0.1) is 0 Å². The van der Waals surface area contributed by atoms with Crippen LogP contribution in [-0.2, 0) is 6.54 Å². The lowest BCUT2D eigenvalue weighted by Crippen LogP contribution is -2.37. The van der Waals surface area contributed by atoms with Crippen LogP contribution in [0.4, 0.5) is 0 Å². The van der Waals surface area contributed by atoms with Crippen LogP contribution in [0.1, 0.15) is 25.3 Å². The quantitative estimate of drug-likeness (QED) is 0.908. The number of fused-ring (bicyclic) bond motifs is 1. The van der Waals surface area contributed by atoms with E-state index in [-0.39, 0.29) is 11.7 Å². The van der Waals surface area contributed by atoms with Crippen molar-refractivity contribution in [2.24, 2.45) is 5.92 Å². The number of pyridine rings is 1. The number of benzene rings is 1. The summed E-state index contributed by atoms with van der Waals surface area (Å²) in [5.74, 6) is 0.399. The van der Waals surface area contributed by atoms with Gasteiger partial charge in [-0.05, 0) is 56.3 Å². The van der Waals surface area contributed by atoms with Gasteiger partial charge in [0.2, 0.25) is 0 Å². The number of aromatic amines is 1. The zero-order valence-corrected chi connectivity index (χ0v) is 12.4. The number of hydrogen-bond acceptors (Lipinski definition) is 3. The van der Waals surface area contributed by atoms with Crippen molar-refractivity contribution in [3.63, 3.8) is 0 Å². The highest BCUT2D eigenvalue weighted by Gasteiger charge is 2.23. The summed E-state index contributed by atoms with van der Waals surface area (Å²) >= 11 is 0. The standard InChI is InChI=1S/C17H22N2O2/c1-12(20)13-6-8-19(9-7-13)11-15-10-14-4-2-3-5-16(14)18-17(15)21/h2-5,10,12-13,20H,6-9,11H2,1H3,(H,18,21). The number of aromatic nitrogens is 1. The summed E-state index contributed by atoms with van der Waals surface area (Å²) in [7, 11) is 0. The molecule has 21 heavy (non-hydrogen) atoms. The Kier molecular flexibility index (Phi) is 4.08. The van der Waals surface area contributed by atoms with E-state index in [0.29, 0.717) is 12.5 Å². The number of H-pyrrole nitrogens is 1. The van der Waals surface area contributed by atoms with Crippen LogP contribution in [0.25, 0.3) is 10.9 Å². The number of nitrogens with one attached hydrogen (secondary N) is 1. The Morgan fingerprint density at radius 3 is 2.76 bits per heavy atom. The van der Waals surface area contributed by atoms with Crippen LogP contribution in [0.5, 0.6) is 0 Å². The van der Waals surface area contributed by atoms with Crippen molar-refractivity contribution >= 4 is 10.9 Å². The van der Waals surface area contributed by atoms with Crippen LogP contribution < -0.4 is 5.56 Å². The fraction of sp³-hybridized carbons (Fsp3) is 0.471. The highest BCUT2D eigenvalue weighted by atomic mass is 16.3. The van der Waals surface area contributed by atoms with E-state index in [9.17, 15) is 9.90 Å². The first-order valence-corrected chi connectivity index (χ1v) is 7.65. The Morgan fingerprint density at radius 1 is 1.33 bits per heavy atom. The van der Waals surface area contributed by atoms with Crippen LogP contribution in [0, 0.1) is 5.92 Å². The summed E-state index contributed by atoms with van der Waals surface area (Å²) < 4.78 is 0. The second kappa shape index (κ2) is 6.00. The van der Waals surface area contributed by atoms with Crippen LogP contribution >= 0.6 is 0 Å². The van der Waals surface area contributed by atoms with Crippen molar-refractivity contribution in [2.45, 2.75) is 32.4 Å². The molecule has 1 aliphatic heterocycles. The van der Waals surface area contributed by atoms with Crippen molar-refractivity contribution < 1.29 is 5.11 Å². The molecule has 0 amide bonds. The molecular formula is C17H22N2O2. The molecule has 2 heterocycles. The fourth-order valence-corrected chi connectivity index (χ4v) is 3.14. The molecule has 1 aromatic heterocycles. The molecule has 4 nitrogen and oxygen atoms in total. The second-order valence-electron chi connectivity index (χ2n) is 6.07. The minimum absolute atomic E-state index is 0.00588. The maximum atomic E-state index is 12.2. The molecule has 0 radical (unpaired) electrons. The van der Waals surface area contributed by atoms with Crippen LogP contribution in [0.2, 0.25) is 0 Å². The number of nitrogens with zero attached hydrogens (tertiary/aromatic N) is 1. The van der Waals surface area contributed by atoms with E-state index < -0.39 is 0 Å². The third-order valence-corrected chi connectivity index (χ3v) is 4.54. The van der Waals surface area contributed by atoms with Crippen molar-refractivity contribution in [1.29, 1.82) is 0 Å². The molecule has 1 aromatic carbocycles. The summed E-state index contributed by atoms with van der Waals surface area (Å²) in [6.45, 7) is 4.45. The number of hydrogen-bond donors (Lipinski definition) is 2. The van der Waals surface area contributed by atoms with E-state index in [1.807, 2.05) is 37.3 Å². The van der Waals surface area contributed by atoms with E-state index in [1.165, 1.54) is 0 Å². The number of aliphatic hydroxyl groups is 1. The molecule has 1 fully saturated rings. The minimum atomic E-state index is -0.226. The van der Waals surface area contributed by atoms with Gasteiger partial charge in [-0.25, -0.2) is 0 Å². The summed E-state index contributed by atoms with van der Waals surface area (Å²) in [6, 6.07) is 9.86. The molecular weight excluding hydrogens is 264 g/mol. The molecule has 1 unspecified atom stereocenters. The molecule has 4 heteroatoms. The lowest BCUT2D eigenvalue weighted by Gasteiger charge is -2.33. The first-order chi connectivity index (χ1) is 10.1. The predicted octanol–water partition coefficient (Wildman–Crippen LogP) is 2.12. The third-order valence-electron chi connectivity index (χ3n) is 4.54. The van der Waals surface area contributed by atoms with E-state index in [0.717, 1.165) is 42.4 Å². The topological polar surface area (TPSA) is 56.3 Å². The average Bonchev–Trinajstić information content (AvgIpc) is 2.48. The Balaban J connectivity index is 1.74. The summed E-state index contributed by atoms with van der Waals surface area (Å²) in [5.41, 5.74) is 1.72. The molecule has 1 saturated heterocycles. The van der Waals surface area contributed by atoms with Gasteiger partial charge in [0.05, 0.1) is 6.10 Å². The van der Waals surface area contributed by atoms with Gasteiger partial charge in [-0.3, -0.25) is 9.69 Å². The molecule has 112 valence electrons. The minimum Gasteiger partial charge on any atom is -0.393 e. The Hall–Kier alpha value is -1.65. The van der Waals surface area contributed by atoms with E-state index in [2.05, 4.69) is 9.88 Å². The van der Waals surface area contributed by atoms with Crippen molar-refractivity contribution in [3.8, 4) is 0 Å². The van der Waals surface area contributed by atoms with E-state index >= 15 is 0 Å². The van der Waals surface area contributed by atoms with Crippen LogP contribution in [0.15, 0.2) is 35.1 Å². The Labute approximate surface area is 124 Å². The van der Waals surface area contributed by atoms with Crippen LogP contribution in [-0.4, -0.2) is 34.2 Å². The monoisotopic (exact) mass is 286 g/mol. The first-order valence-electron chi connectivity index (χ1n) is 7.65. The number of likely N-dealkylation sites (tertiary alicyclic amines) is 1. The molecule has 2 N–H and O–H groups in total. The third kappa shape index (κ3) is 3.17. The first kappa shape index (κ1) is 14.3. The zero-order valence-electron chi connectivity index (χ0n) is 12.4. The highest BCUT2D eigenvalue weighted by molar-refractivity contribution is 5.78. The van der Waals surface area contributed by atoms with E-state index in [4.69, 9.17) is 0 Å². The number of para-hydroxylation sites is 1. The summed E-state index contributed by atoms with van der Waals surface area (Å²) in [5, 5.41) is 10.7. The lowest BCUT2D eigenvalue weighted by molar-refractivity contribution is 0.0694. The smallest absolute Gasteiger partial charge is 0.252 e. The fourth-order valence-electron chi connectivity index (χ4n) is 3.14. The van der Waals surface area contributed by atoms with Gasteiger partial charge in [0.1, 0.15) is 0 Å². The molecule has 0 bridgehead atoms. The molecule has 3 rings (SSSR count). The number of aliphatic hydroxyl groups excluding tert-OH is 1. The maximum Gasteiger partial charge on any atom is 0.252 e. The van der Waals surface area contributed by atoms with Crippen molar-refractivity contribution in [2.75, 3.05) is 13.1 Å². The molecule has 2 aromatic rings. The van der Waals surface area contributed by atoms with Gasteiger partial charge in [0.15, 0.2) is 0 Å². The van der Waals surface area contributed by atoms with Crippen molar-refractivity contribution in [1.82, 2.24) is 9.88 Å². The summed E-state index contributed by atoms with van der Waals surface area (Å²) in [6.07, 6.45) is 1.78. The predicted molar refractivity (Wildman–Crippen MR) is 84.3 cm³/mol. The zero-order chi connectivity index (χ0) is 14.8. The molecule has 1 atom stereocenters. The normalized spacial score (nSPS) is 19.0. The van der Waals surface area contributed by atoms with E-state index in [1.54, 1.807) is 0 Å². The maximum absolute atomic E-state index is 12.2. The molecule has 1 aliphatic rings. The van der Waals surface area contributed by atoms with Crippen molar-refractivity contribution in [3.05, 3.63) is 46.2 Å². The highest BCUT2D eigenvalue weighted by Crippen LogP contribution is 2.21. The van der Waals surface area contributed by atoms with Gasteiger partial charge in [0, 0.05) is 17.6 Å². The Bertz CT molecular complexity index is 670. The largest absolute Gasteiger partial charge is 0.393 e. The SMILES string of the molecule is CC(O)C1CCN(Cc2cc3ccccc3[nH]c2=O)CC1. The van der Waals surface area contributed by atoms with Gasteiger partial charge >= 0.3 is 0 Å². The van der Waals surface area contributed by atoms with Gasteiger partial charge in [0.25, 0.3) is 5.56 Å². The Morgan fingerprint density at radius 2 is 2.05 bits per heavy atom. The molecule has 0 aliphatic carbocycles. The summed E-state index contributed by atoms with van der Waals surface area (Å²) in [4.78, 5) is 17.4. The average molecular weight is 286 g/mol. The molecule has 0 spiro atoms. The van der Waals surface area contributed by atoms with Gasteiger partial charge in [-0.2, -0.15) is 0 Å². The van der Waals surface area contributed by atoms with Gasteiger partial charge in [-0.1, -0.05) is 18.2 Å². The lowest BCUT2D eigenvalue weighted by atomic mass is 9.92.